The van der Waals surface area contributed by atoms with Crippen LogP contribution in [0.1, 0.15) is 40.9 Å². The summed E-state index contributed by atoms with van der Waals surface area (Å²) in [4.78, 5) is 29.5. The number of nitrogens with one attached hydrogen (secondary N) is 1. The van der Waals surface area contributed by atoms with Crippen LogP contribution in [-0.4, -0.2) is 42.9 Å². The number of piperidine rings is 1. The molecule has 0 aliphatic carbocycles. The van der Waals surface area contributed by atoms with E-state index in [0.29, 0.717) is 18.5 Å². The van der Waals surface area contributed by atoms with Gasteiger partial charge in [-0.05, 0) is 49.1 Å². The maximum atomic E-state index is 13.1. The summed E-state index contributed by atoms with van der Waals surface area (Å²) in [5, 5.41) is 3.19. The van der Waals surface area contributed by atoms with Crippen LogP contribution in [0.2, 0.25) is 0 Å². The van der Waals surface area contributed by atoms with Gasteiger partial charge in [0.15, 0.2) is 0 Å². The van der Waals surface area contributed by atoms with E-state index in [9.17, 15) is 9.59 Å². The molecule has 33 heavy (non-hydrogen) atoms. The molecule has 2 aromatic carbocycles. The highest BCUT2D eigenvalue weighted by molar-refractivity contribution is 5.99. The zero-order chi connectivity index (χ0) is 23.0. The molecule has 0 radical (unpaired) electrons. The summed E-state index contributed by atoms with van der Waals surface area (Å²) in [6, 6.07) is 21.7. The standard InChI is InChI=1S/C27H31N3O3/c1-29(20-23-10-7-19-33-23)27(32)24-11-5-6-12-25(24)30-17-15-22(16-18-30)28-26(31)14-13-21-8-3-2-4-9-21/h2-12,19,22H,13-18,20H2,1H3,(H,28,31). The fraction of sp³-hybridized carbons (Fsp3) is 0.333. The number of benzene rings is 2. The van der Waals surface area contributed by atoms with Gasteiger partial charge in [0, 0.05) is 38.3 Å². The van der Waals surface area contributed by atoms with Crippen LogP contribution < -0.4 is 10.2 Å². The largest absolute Gasteiger partial charge is 0.467 e. The number of para-hydroxylation sites is 1. The monoisotopic (exact) mass is 445 g/mol. The van der Waals surface area contributed by atoms with Crippen molar-refractivity contribution < 1.29 is 14.0 Å². The Bertz CT molecular complexity index is 1040. The van der Waals surface area contributed by atoms with E-state index in [0.717, 1.165) is 43.8 Å². The molecule has 1 fully saturated rings. The molecule has 1 aliphatic rings. The maximum absolute atomic E-state index is 13.1. The number of carbonyl (C=O) groups is 2. The van der Waals surface area contributed by atoms with Gasteiger partial charge in [0.2, 0.25) is 5.91 Å². The number of hydrogen-bond acceptors (Lipinski definition) is 4. The lowest BCUT2D eigenvalue weighted by atomic mass is 10.0. The first kappa shape index (κ1) is 22.6. The maximum Gasteiger partial charge on any atom is 0.256 e. The fourth-order valence-corrected chi connectivity index (χ4v) is 4.31. The Morgan fingerprint density at radius 3 is 2.45 bits per heavy atom. The van der Waals surface area contributed by atoms with Crippen molar-refractivity contribution >= 4 is 17.5 Å². The molecule has 1 aromatic heterocycles. The molecule has 0 unspecified atom stereocenters. The molecule has 1 aliphatic heterocycles. The van der Waals surface area contributed by atoms with Crippen molar-refractivity contribution in [3.8, 4) is 0 Å². The molecular formula is C27H31N3O3. The molecule has 0 atom stereocenters. The van der Waals surface area contributed by atoms with E-state index in [2.05, 4.69) is 22.3 Å². The van der Waals surface area contributed by atoms with Crippen LogP contribution in [0, 0.1) is 0 Å². The van der Waals surface area contributed by atoms with Crippen molar-refractivity contribution in [2.75, 3.05) is 25.0 Å². The minimum Gasteiger partial charge on any atom is -0.467 e. The van der Waals surface area contributed by atoms with Gasteiger partial charge in [0.1, 0.15) is 5.76 Å². The highest BCUT2D eigenvalue weighted by atomic mass is 16.3. The van der Waals surface area contributed by atoms with E-state index in [4.69, 9.17) is 4.42 Å². The Balaban J connectivity index is 1.30. The van der Waals surface area contributed by atoms with Gasteiger partial charge in [0.25, 0.3) is 5.91 Å². The Morgan fingerprint density at radius 1 is 1.00 bits per heavy atom. The summed E-state index contributed by atoms with van der Waals surface area (Å²) in [5.41, 5.74) is 2.82. The Labute approximate surface area is 195 Å². The fourth-order valence-electron chi connectivity index (χ4n) is 4.31. The second kappa shape index (κ2) is 10.9. The Hall–Kier alpha value is -3.54. The molecule has 6 heteroatoms. The summed E-state index contributed by atoms with van der Waals surface area (Å²) < 4.78 is 5.38. The van der Waals surface area contributed by atoms with E-state index in [1.807, 2.05) is 54.6 Å². The van der Waals surface area contributed by atoms with Gasteiger partial charge in [-0.25, -0.2) is 0 Å². The van der Waals surface area contributed by atoms with Gasteiger partial charge < -0.3 is 19.5 Å². The predicted molar refractivity (Wildman–Crippen MR) is 129 cm³/mol. The minimum atomic E-state index is -0.0293. The van der Waals surface area contributed by atoms with Gasteiger partial charge in [0.05, 0.1) is 18.4 Å². The number of hydrogen-bond donors (Lipinski definition) is 1. The van der Waals surface area contributed by atoms with Crippen LogP contribution in [0.3, 0.4) is 0 Å². The Morgan fingerprint density at radius 2 is 1.73 bits per heavy atom. The molecule has 0 saturated carbocycles. The van der Waals surface area contributed by atoms with E-state index in [1.165, 1.54) is 5.56 Å². The smallest absolute Gasteiger partial charge is 0.256 e. The SMILES string of the molecule is CN(Cc1ccco1)C(=O)c1ccccc1N1CCC(NC(=O)CCc2ccccc2)CC1. The molecule has 0 bridgehead atoms. The molecule has 3 aromatic rings. The first-order chi connectivity index (χ1) is 16.1. The van der Waals surface area contributed by atoms with Gasteiger partial charge in [-0.3, -0.25) is 9.59 Å². The van der Waals surface area contributed by atoms with Gasteiger partial charge in [-0.2, -0.15) is 0 Å². The van der Waals surface area contributed by atoms with Gasteiger partial charge in [-0.1, -0.05) is 42.5 Å². The second-order valence-electron chi connectivity index (χ2n) is 8.57. The first-order valence-electron chi connectivity index (χ1n) is 11.6. The molecule has 6 nitrogen and oxygen atoms in total. The van der Waals surface area contributed by atoms with Crippen LogP contribution in [-0.2, 0) is 17.8 Å². The zero-order valence-electron chi connectivity index (χ0n) is 19.1. The van der Waals surface area contributed by atoms with Crippen molar-refractivity contribution in [1.29, 1.82) is 0 Å². The molecular weight excluding hydrogens is 414 g/mol. The summed E-state index contributed by atoms with van der Waals surface area (Å²) >= 11 is 0. The number of aryl methyl sites for hydroxylation is 1. The molecule has 0 spiro atoms. The second-order valence-corrected chi connectivity index (χ2v) is 8.57. The summed E-state index contributed by atoms with van der Waals surface area (Å²) in [6.45, 7) is 2.03. The summed E-state index contributed by atoms with van der Waals surface area (Å²) in [5.74, 6) is 0.831. The van der Waals surface area contributed by atoms with Crippen molar-refractivity contribution in [1.82, 2.24) is 10.2 Å². The third-order valence-corrected chi connectivity index (χ3v) is 6.14. The van der Waals surface area contributed by atoms with E-state index >= 15 is 0 Å². The minimum absolute atomic E-state index is 0.0293. The highest BCUT2D eigenvalue weighted by Crippen LogP contribution is 2.26. The normalized spacial score (nSPS) is 14.2. The lowest BCUT2D eigenvalue weighted by Crippen LogP contribution is -2.45. The number of carbonyl (C=O) groups excluding carboxylic acids is 2. The lowest BCUT2D eigenvalue weighted by molar-refractivity contribution is -0.121. The third-order valence-electron chi connectivity index (χ3n) is 6.14. The predicted octanol–water partition coefficient (Wildman–Crippen LogP) is 4.27. The number of nitrogens with zero attached hydrogens (tertiary/aromatic N) is 2. The van der Waals surface area contributed by atoms with Crippen molar-refractivity contribution in [2.24, 2.45) is 0 Å². The van der Waals surface area contributed by atoms with E-state index in [-0.39, 0.29) is 17.9 Å². The first-order valence-corrected chi connectivity index (χ1v) is 11.6. The van der Waals surface area contributed by atoms with Gasteiger partial charge >= 0.3 is 0 Å². The van der Waals surface area contributed by atoms with E-state index in [1.54, 1.807) is 18.2 Å². The zero-order valence-corrected chi connectivity index (χ0v) is 19.1. The van der Waals surface area contributed by atoms with Crippen LogP contribution in [0.4, 0.5) is 5.69 Å². The molecule has 2 heterocycles. The Kier molecular flexibility index (Phi) is 7.45. The van der Waals surface area contributed by atoms with E-state index < -0.39 is 0 Å². The van der Waals surface area contributed by atoms with Crippen molar-refractivity contribution in [3.05, 3.63) is 89.9 Å². The third kappa shape index (κ3) is 6.04. The summed E-state index contributed by atoms with van der Waals surface area (Å²) in [7, 11) is 1.79. The highest BCUT2D eigenvalue weighted by Gasteiger charge is 2.25. The van der Waals surface area contributed by atoms with Gasteiger partial charge in [-0.15, -0.1) is 0 Å². The summed E-state index contributed by atoms with van der Waals surface area (Å²) in [6.07, 6.45) is 4.60. The number of amides is 2. The topological polar surface area (TPSA) is 65.8 Å². The number of anilines is 1. The van der Waals surface area contributed by atoms with Crippen LogP contribution in [0.25, 0.3) is 0 Å². The van der Waals surface area contributed by atoms with Crippen LogP contribution in [0.15, 0.2) is 77.4 Å². The van der Waals surface area contributed by atoms with Crippen molar-refractivity contribution in [2.45, 2.75) is 38.3 Å². The number of furan rings is 1. The average Bonchev–Trinajstić information content (AvgIpc) is 3.36. The lowest BCUT2D eigenvalue weighted by Gasteiger charge is -2.35. The molecule has 172 valence electrons. The molecule has 4 rings (SSSR count). The molecule has 2 amide bonds. The quantitative estimate of drug-likeness (QED) is 0.562. The number of rotatable bonds is 8. The van der Waals surface area contributed by atoms with Crippen molar-refractivity contribution in [3.63, 3.8) is 0 Å². The van der Waals surface area contributed by atoms with Crippen LogP contribution in [0.5, 0.6) is 0 Å². The molecule has 1 saturated heterocycles. The van der Waals surface area contributed by atoms with Crippen LogP contribution >= 0.6 is 0 Å². The molecule has 1 N–H and O–H groups in total. The average molecular weight is 446 g/mol.